The third-order valence-corrected chi connectivity index (χ3v) is 7.39. The number of benzene rings is 2. The van der Waals surface area contributed by atoms with Gasteiger partial charge in [0.2, 0.25) is 0 Å². The van der Waals surface area contributed by atoms with Gasteiger partial charge in [0.05, 0.1) is 23.2 Å². The first-order valence-electron chi connectivity index (χ1n) is 9.52. The molecule has 2 aromatic rings. The van der Waals surface area contributed by atoms with Gasteiger partial charge < -0.3 is 9.84 Å². The molecule has 164 valence electrons. The second-order valence-electron chi connectivity index (χ2n) is 8.43. The number of fused-ring (bicyclic) bond motifs is 1. The third-order valence-electron chi connectivity index (χ3n) is 5.39. The van der Waals surface area contributed by atoms with Crippen molar-refractivity contribution < 1.29 is 27.2 Å². The summed E-state index contributed by atoms with van der Waals surface area (Å²) >= 11 is 3.42. The van der Waals surface area contributed by atoms with E-state index in [9.17, 15) is 22.5 Å². The van der Waals surface area contributed by atoms with Crippen LogP contribution in [-0.2, 0) is 22.6 Å². The van der Waals surface area contributed by atoms with Gasteiger partial charge in [-0.15, -0.1) is 0 Å². The summed E-state index contributed by atoms with van der Waals surface area (Å²) in [6.07, 6.45) is -4.91. The lowest BCUT2D eigenvalue weighted by molar-refractivity contribution is -0.257. The molecule has 0 aliphatic carbocycles. The quantitative estimate of drug-likeness (QED) is 0.567. The minimum absolute atomic E-state index is 0.257. The molecule has 30 heavy (non-hydrogen) atoms. The fraction of sp³-hybridized carbons (Fsp3) is 0.455. The monoisotopic (exact) mass is 504 g/mol. The Kier molecular flexibility index (Phi) is 6.43. The molecule has 0 saturated carbocycles. The molecule has 1 aliphatic heterocycles. The maximum Gasteiger partial charge on any atom is 0.418 e. The summed E-state index contributed by atoms with van der Waals surface area (Å²) in [6, 6.07) is 10.1. The predicted molar refractivity (Wildman–Crippen MR) is 114 cm³/mol. The first-order chi connectivity index (χ1) is 13.8. The molecule has 2 atom stereocenters. The predicted octanol–water partition coefficient (Wildman–Crippen LogP) is 5.46. The van der Waals surface area contributed by atoms with Crippen molar-refractivity contribution in [2.75, 3.05) is 12.4 Å². The number of hydrogen-bond acceptors (Lipinski definition) is 3. The van der Waals surface area contributed by atoms with Crippen molar-refractivity contribution in [3.05, 3.63) is 57.6 Å². The van der Waals surface area contributed by atoms with E-state index in [0.29, 0.717) is 24.3 Å². The van der Waals surface area contributed by atoms with Crippen LogP contribution in [0.15, 0.2) is 45.8 Å². The third kappa shape index (κ3) is 4.75. The van der Waals surface area contributed by atoms with E-state index in [1.807, 2.05) is 13.0 Å². The Labute approximate surface area is 185 Å². The van der Waals surface area contributed by atoms with E-state index in [4.69, 9.17) is 4.74 Å². The summed E-state index contributed by atoms with van der Waals surface area (Å²) in [7, 11) is -2.01. The SMILES string of the molecule is Cc1ccc([S@](=O)C[C@](O)(CC(C)(C)c2cc(Br)cc3c2OCC3)C(F)(F)F)cc1. The van der Waals surface area contributed by atoms with E-state index >= 15 is 0 Å². The molecule has 1 N–H and O–H groups in total. The first-order valence-corrected chi connectivity index (χ1v) is 11.6. The van der Waals surface area contributed by atoms with Crippen molar-refractivity contribution in [2.24, 2.45) is 0 Å². The van der Waals surface area contributed by atoms with Gasteiger partial charge in [-0.25, -0.2) is 0 Å². The van der Waals surface area contributed by atoms with Gasteiger partial charge in [-0.3, -0.25) is 4.21 Å². The molecule has 0 fully saturated rings. The van der Waals surface area contributed by atoms with Crippen molar-refractivity contribution in [1.29, 1.82) is 0 Å². The molecule has 0 aromatic heterocycles. The minimum atomic E-state index is -4.94. The fourth-order valence-corrected chi connectivity index (χ4v) is 5.63. The molecule has 0 amide bonds. The maximum absolute atomic E-state index is 14.0. The van der Waals surface area contributed by atoms with Crippen molar-refractivity contribution in [3.63, 3.8) is 0 Å². The highest BCUT2D eigenvalue weighted by molar-refractivity contribution is 9.10. The van der Waals surface area contributed by atoms with Crippen LogP contribution < -0.4 is 4.74 Å². The highest BCUT2D eigenvalue weighted by atomic mass is 79.9. The van der Waals surface area contributed by atoms with Gasteiger partial charge >= 0.3 is 6.18 Å². The van der Waals surface area contributed by atoms with E-state index in [2.05, 4.69) is 15.9 Å². The molecular weight excluding hydrogens is 481 g/mol. The summed E-state index contributed by atoms with van der Waals surface area (Å²) in [4.78, 5) is 0.257. The van der Waals surface area contributed by atoms with Crippen LogP contribution >= 0.6 is 15.9 Å². The zero-order valence-electron chi connectivity index (χ0n) is 17.0. The molecule has 0 saturated heterocycles. The first kappa shape index (κ1) is 23.3. The molecule has 0 unspecified atom stereocenters. The van der Waals surface area contributed by atoms with Gasteiger partial charge in [-0.2, -0.15) is 13.2 Å². The summed E-state index contributed by atoms with van der Waals surface area (Å²) in [5.41, 5.74) is -1.79. The topological polar surface area (TPSA) is 46.5 Å². The normalized spacial score (nSPS) is 17.2. The average Bonchev–Trinajstić information content (AvgIpc) is 3.08. The summed E-state index contributed by atoms with van der Waals surface area (Å²) in [5.74, 6) is -0.354. The van der Waals surface area contributed by atoms with Crippen molar-refractivity contribution in [1.82, 2.24) is 0 Å². The molecule has 3 rings (SSSR count). The van der Waals surface area contributed by atoms with Crippen LogP contribution in [0.1, 0.15) is 37.0 Å². The highest BCUT2D eigenvalue weighted by Crippen LogP contribution is 2.46. The molecule has 3 nitrogen and oxygen atoms in total. The lowest BCUT2D eigenvalue weighted by Gasteiger charge is -2.38. The molecule has 0 spiro atoms. The second-order valence-corrected chi connectivity index (χ2v) is 10.8. The summed E-state index contributed by atoms with van der Waals surface area (Å²) < 4.78 is 61.2. The number of rotatable bonds is 6. The highest BCUT2D eigenvalue weighted by Gasteiger charge is 2.57. The van der Waals surface area contributed by atoms with Crippen LogP contribution in [-0.4, -0.2) is 33.5 Å². The van der Waals surface area contributed by atoms with E-state index < -0.39 is 40.2 Å². The number of hydrogen-bond donors (Lipinski definition) is 1. The van der Waals surface area contributed by atoms with Crippen molar-refractivity contribution in [3.8, 4) is 5.75 Å². The Morgan fingerprint density at radius 1 is 1.17 bits per heavy atom. The summed E-state index contributed by atoms with van der Waals surface area (Å²) in [6.45, 7) is 5.58. The molecule has 0 bridgehead atoms. The Bertz CT molecular complexity index is 957. The second kappa shape index (κ2) is 8.28. The largest absolute Gasteiger partial charge is 0.493 e. The van der Waals surface area contributed by atoms with E-state index in [0.717, 1.165) is 15.6 Å². The van der Waals surface area contributed by atoms with Crippen LogP contribution in [0, 0.1) is 6.92 Å². The van der Waals surface area contributed by atoms with Crippen LogP contribution in [0.25, 0.3) is 0 Å². The van der Waals surface area contributed by atoms with Crippen molar-refractivity contribution >= 4 is 26.7 Å². The van der Waals surface area contributed by atoms with E-state index in [1.54, 1.807) is 32.0 Å². The van der Waals surface area contributed by atoms with Crippen LogP contribution in [0.3, 0.4) is 0 Å². The Morgan fingerprint density at radius 2 is 1.80 bits per heavy atom. The lowest BCUT2D eigenvalue weighted by Crippen LogP contribution is -2.53. The van der Waals surface area contributed by atoms with Gasteiger partial charge in [0.15, 0.2) is 5.60 Å². The minimum Gasteiger partial charge on any atom is -0.493 e. The number of aliphatic hydroxyl groups is 1. The fourth-order valence-electron chi connectivity index (χ4n) is 3.82. The van der Waals surface area contributed by atoms with Crippen LogP contribution in [0.4, 0.5) is 13.2 Å². The maximum atomic E-state index is 14.0. The van der Waals surface area contributed by atoms with E-state index in [-0.39, 0.29) is 4.90 Å². The number of halogens is 4. The summed E-state index contributed by atoms with van der Waals surface area (Å²) in [5, 5.41) is 10.8. The Hall–Kier alpha value is -1.38. The lowest BCUT2D eigenvalue weighted by atomic mass is 9.74. The Morgan fingerprint density at radius 3 is 2.40 bits per heavy atom. The number of ether oxygens (including phenoxy) is 1. The standard InChI is InChI=1S/C22H24BrF3O3S/c1-14-4-6-17(7-5-14)30(28)13-21(27,22(24,25)26)12-20(2,3)18-11-16(23)10-15-8-9-29-19(15)18/h4-7,10-11,27H,8-9,12-13H2,1-3H3/t21-,30-/m1/s1. The van der Waals surface area contributed by atoms with Gasteiger partial charge in [-0.1, -0.05) is 47.5 Å². The van der Waals surface area contributed by atoms with Crippen LogP contribution in [0.2, 0.25) is 0 Å². The van der Waals surface area contributed by atoms with Crippen LogP contribution in [0.5, 0.6) is 5.75 Å². The Balaban J connectivity index is 1.94. The average molecular weight is 505 g/mol. The molecule has 1 heterocycles. The van der Waals surface area contributed by atoms with Crippen molar-refractivity contribution in [2.45, 2.75) is 55.7 Å². The molecule has 0 radical (unpaired) electrons. The van der Waals surface area contributed by atoms with Gasteiger partial charge in [-0.05, 0) is 48.6 Å². The molecule has 1 aliphatic rings. The number of aryl methyl sites for hydroxylation is 1. The number of alkyl halides is 3. The molecular formula is C22H24BrF3O3S. The van der Waals surface area contributed by atoms with Gasteiger partial charge in [0.25, 0.3) is 0 Å². The smallest absolute Gasteiger partial charge is 0.418 e. The molecule has 2 aromatic carbocycles. The zero-order valence-corrected chi connectivity index (χ0v) is 19.4. The van der Waals surface area contributed by atoms with E-state index in [1.165, 1.54) is 12.1 Å². The van der Waals surface area contributed by atoms with Gasteiger partial charge in [0.1, 0.15) is 5.75 Å². The molecule has 8 heteroatoms. The zero-order chi connectivity index (χ0) is 22.3. The van der Waals surface area contributed by atoms with Gasteiger partial charge in [0, 0.05) is 21.4 Å².